The number of rotatable bonds is 4. The van der Waals surface area contributed by atoms with Gasteiger partial charge in [-0.25, -0.2) is 4.79 Å². The maximum atomic E-state index is 12.6. The van der Waals surface area contributed by atoms with Crippen molar-refractivity contribution in [3.8, 4) is 0 Å². The highest BCUT2D eigenvalue weighted by Crippen LogP contribution is 2.24. The molecule has 1 saturated heterocycles. The van der Waals surface area contributed by atoms with Gasteiger partial charge >= 0.3 is 6.03 Å². The van der Waals surface area contributed by atoms with E-state index in [9.17, 15) is 4.79 Å². The molecule has 3 unspecified atom stereocenters. The van der Waals surface area contributed by atoms with E-state index in [1.165, 1.54) is 0 Å². The number of carbonyl (C=O) groups is 1. The Morgan fingerprint density at radius 3 is 3.00 bits per heavy atom. The Morgan fingerprint density at radius 2 is 2.29 bits per heavy atom. The molecule has 8 nitrogen and oxygen atoms in total. The smallest absolute Gasteiger partial charge is 0.317 e. The van der Waals surface area contributed by atoms with Crippen LogP contribution in [-0.2, 0) is 11.3 Å². The van der Waals surface area contributed by atoms with Crippen molar-refractivity contribution < 1.29 is 9.53 Å². The van der Waals surface area contributed by atoms with E-state index >= 15 is 0 Å². The standard InChI is InChI=1S/C16H28N6O2/c1-4-21-11-17-19-15(21)14-10-22(7-8-24-14)16(23)18-12-5-6-13(9-12)20(2)3/h11-14H,4-10H2,1-3H3,(H,18,23). The Labute approximate surface area is 143 Å². The summed E-state index contributed by atoms with van der Waals surface area (Å²) in [5.74, 6) is 0.795. The molecule has 3 rings (SSSR count). The van der Waals surface area contributed by atoms with Crippen LogP contribution in [0.1, 0.15) is 38.1 Å². The second-order valence-corrected chi connectivity index (χ2v) is 6.86. The van der Waals surface area contributed by atoms with Crippen LogP contribution in [0.3, 0.4) is 0 Å². The highest BCUT2D eigenvalue weighted by molar-refractivity contribution is 5.74. The van der Waals surface area contributed by atoms with Crippen LogP contribution in [0.4, 0.5) is 4.79 Å². The molecule has 2 aliphatic rings. The molecule has 1 aromatic heterocycles. The van der Waals surface area contributed by atoms with E-state index in [1.807, 2.05) is 16.4 Å². The lowest BCUT2D eigenvalue weighted by molar-refractivity contribution is -0.0221. The molecule has 1 saturated carbocycles. The molecular formula is C16H28N6O2. The molecule has 0 spiro atoms. The molecule has 24 heavy (non-hydrogen) atoms. The Balaban J connectivity index is 1.56. The first kappa shape index (κ1) is 17.2. The number of aryl methyl sites for hydroxylation is 1. The van der Waals surface area contributed by atoms with Crippen LogP contribution in [0, 0.1) is 0 Å². The van der Waals surface area contributed by atoms with Crippen molar-refractivity contribution in [3.63, 3.8) is 0 Å². The molecule has 1 N–H and O–H groups in total. The zero-order valence-corrected chi connectivity index (χ0v) is 14.8. The molecular weight excluding hydrogens is 308 g/mol. The molecule has 1 aliphatic heterocycles. The average molecular weight is 336 g/mol. The summed E-state index contributed by atoms with van der Waals surface area (Å²) in [6.07, 6.45) is 4.72. The number of hydrogen-bond donors (Lipinski definition) is 1. The van der Waals surface area contributed by atoms with E-state index in [0.717, 1.165) is 31.6 Å². The first-order valence-electron chi connectivity index (χ1n) is 8.79. The van der Waals surface area contributed by atoms with Gasteiger partial charge in [-0.15, -0.1) is 10.2 Å². The van der Waals surface area contributed by atoms with Crippen LogP contribution in [0.25, 0.3) is 0 Å². The van der Waals surface area contributed by atoms with Crippen molar-refractivity contribution in [2.45, 2.75) is 50.9 Å². The summed E-state index contributed by atoms with van der Waals surface area (Å²) >= 11 is 0. The van der Waals surface area contributed by atoms with Gasteiger partial charge in [-0.3, -0.25) is 0 Å². The van der Waals surface area contributed by atoms with E-state index in [4.69, 9.17) is 4.74 Å². The van der Waals surface area contributed by atoms with E-state index in [2.05, 4.69) is 34.5 Å². The molecule has 0 bridgehead atoms. The highest BCUT2D eigenvalue weighted by atomic mass is 16.5. The second-order valence-electron chi connectivity index (χ2n) is 6.86. The monoisotopic (exact) mass is 336 g/mol. The molecule has 2 fully saturated rings. The lowest BCUT2D eigenvalue weighted by atomic mass is 10.2. The van der Waals surface area contributed by atoms with Crippen molar-refractivity contribution >= 4 is 6.03 Å². The fourth-order valence-electron chi connectivity index (χ4n) is 3.57. The number of nitrogens with one attached hydrogen (secondary N) is 1. The summed E-state index contributed by atoms with van der Waals surface area (Å²) < 4.78 is 7.78. The molecule has 3 atom stereocenters. The Kier molecular flexibility index (Phi) is 5.35. The molecule has 134 valence electrons. The van der Waals surface area contributed by atoms with Crippen LogP contribution in [-0.4, -0.2) is 76.5 Å². The largest absolute Gasteiger partial charge is 0.366 e. The normalized spacial score (nSPS) is 27.7. The first-order chi connectivity index (χ1) is 11.6. The zero-order valence-electron chi connectivity index (χ0n) is 14.8. The topological polar surface area (TPSA) is 75.5 Å². The SMILES string of the molecule is CCn1cnnc1C1CN(C(=O)NC2CCC(N(C)C)C2)CCO1. The number of urea groups is 1. The Hall–Kier alpha value is -1.67. The summed E-state index contributed by atoms with van der Waals surface area (Å²) in [6, 6.07) is 0.844. The number of amides is 2. The van der Waals surface area contributed by atoms with Gasteiger partial charge in [0.05, 0.1) is 13.2 Å². The Bertz CT molecular complexity index is 561. The predicted molar refractivity (Wildman–Crippen MR) is 89.6 cm³/mol. The van der Waals surface area contributed by atoms with Crippen molar-refractivity contribution in [3.05, 3.63) is 12.2 Å². The van der Waals surface area contributed by atoms with Crippen molar-refractivity contribution in [2.24, 2.45) is 0 Å². The van der Waals surface area contributed by atoms with Crippen LogP contribution >= 0.6 is 0 Å². The minimum Gasteiger partial charge on any atom is -0.366 e. The average Bonchev–Trinajstić information content (AvgIpc) is 3.23. The minimum absolute atomic E-state index is 0.00951. The van der Waals surface area contributed by atoms with Crippen molar-refractivity contribution in [1.29, 1.82) is 0 Å². The lowest BCUT2D eigenvalue weighted by Gasteiger charge is -2.33. The molecule has 0 aromatic carbocycles. The van der Waals surface area contributed by atoms with Crippen LogP contribution in [0.15, 0.2) is 6.33 Å². The molecule has 0 radical (unpaired) electrons. The highest BCUT2D eigenvalue weighted by Gasteiger charge is 2.32. The number of nitrogens with zero attached hydrogens (tertiary/aromatic N) is 5. The molecule has 2 amide bonds. The second kappa shape index (κ2) is 7.48. The number of ether oxygens (including phenoxy) is 1. The van der Waals surface area contributed by atoms with E-state index in [0.29, 0.717) is 25.7 Å². The third-order valence-corrected chi connectivity index (χ3v) is 5.09. The minimum atomic E-state index is -0.204. The number of hydrogen-bond acceptors (Lipinski definition) is 5. The van der Waals surface area contributed by atoms with Crippen LogP contribution < -0.4 is 5.32 Å². The van der Waals surface area contributed by atoms with Gasteiger partial charge in [0.15, 0.2) is 5.82 Å². The van der Waals surface area contributed by atoms with Gasteiger partial charge in [-0.2, -0.15) is 0 Å². The predicted octanol–water partition coefficient (Wildman–Crippen LogP) is 0.864. The van der Waals surface area contributed by atoms with Gasteiger partial charge in [0.1, 0.15) is 12.4 Å². The molecule has 8 heteroatoms. The van der Waals surface area contributed by atoms with Crippen LogP contribution in [0.5, 0.6) is 0 Å². The summed E-state index contributed by atoms with van der Waals surface area (Å²) in [6.45, 7) is 4.50. The van der Waals surface area contributed by atoms with Gasteiger partial charge in [0, 0.05) is 25.2 Å². The fraction of sp³-hybridized carbons (Fsp3) is 0.812. The van der Waals surface area contributed by atoms with Crippen molar-refractivity contribution in [2.75, 3.05) is 33.8 Å². The van der Waals surface area contributed by atoms with Crippen LogP contribution in [0.2, 0.25) is 0 Å². The lowest BCUT2D eigenvalue weighted by Crippen LogP contribution is -2.50. The maximum absolute atomic E-state index is 12.6. The van der Waals surface area contributed by atoms with E-state index in [-0.39, 0.29) is 18.2 Å². The summed E-state index contributed by atoms with van der Waals surface area (Å²) in [5.41, 5.74) is 0. The van der Waals surface area contributed by atoms with E-state index in [1.54, 1.807) is 6.33 Å². The Morgan fingerprint density at radius 1 is 1.46 bits per heavy atom. The summed E-state index contributed by atoms with van der Waals surface area (Å²) in [5, 5.41) is 11.3. The maximum Gasteiger partial charge on any atom is 0.317 e. The molecule has 1 aliphatic carbocycles. The molecule has 2 heterocycles. The third-order valence-electron chi connectivity index (χ3n) is 5.09. The first-order valence-corrected chi connectivity index (χ1v) is 8.79. The third kappa shape index (κ3) is 3.70. The van der Waals surface area contributed by atoms with Crippen molar-refractivity contribution in [1.82, 2.24) is 29.9 Å². The van der Waals surface area contributed by atoms with Gasteiger partial charge in [0.2, 0.25) is 0 Å². The number of carbonyl (C=O) groups excluding carboxylic acids is 1. The van der Waals surface area contributed by atoms with Gasteiger partial charge in [-0.05, 0) is 40.3 Å². The fourth-order valence-corrected chi connectivity index (χ4v) is 3.57. The zero-order chi connectivity index (χ0) is 17.1. The van der Waals surface area contributed by atoms with Gasteiger partial charge in [-0.1, -0.05) is 0 Å². The molecule has 1 aromatic rings. The summed E-state index contributed by atoms with van der Waals surface area (Å²) in [7, 11) is 4.20. The quantitative estimate of drug-likeness (QED) is 0.883. The van der Waals surface area contributed by atoms with Gasteiger partial charge in [0.25, 0.3) is 0 Å². The summed E-state index contributed by atoms with van der Waals surface area (Å²) in [4.78, 5) is 16.7. The number of morpholine rings is 1. The number of aromatic nitrogens is 3. The van der Waals surface area contributed by atoms with E-state index < -0.39 is 0 Å². The van der Waals surface area contributed by atoms with Gasteiger partial charge < -0.3 is 24.4 Å².